The van der Waals surface area contributed by atoms with Crippen molar-refractivity contribution in [1.29, 1.82) is 0 Å². The Hall–Kier alpha value is -1.54. The van der Waals surface area contributed by atoms with Crippen LogP contribution < -0.4 is 0 Å². The molecule has 0 spiro atoms. The Morgan fingerprint density at radius 3 is 2.53 bits per heavy atom. The highest BCUT2D eigenvalue weighted by Crippen LogP contribution is 2.22. The third-order valence-corrected chi connectivity index (χ3v) is 2.67. The van der Waals surface area contributed by atoms with Gasteiger partial charge < -0.3 is 0 Å². The fourth-order valence-corrected chi connectivity index (χ4v) is 1.80. The minimum absolute atomic E-state index is 0.0308. The Labute approximate surface area is 108 Å². The number of benzene rings is 1. The average Bonchev–Trinajstić information content (AvgIpc) is 2.27. The van der Waals surface area contributed by atoms with Gasteiger partial charge in [0.2, 0.25) is 0 Å². The zero-order valence-electron chi connectivity index (χ0n) is 10.1. The van der Waals surface area contributed by atoms with Crippen LogP contribution in [-0.2, 0) is 4.79 Å². The molecular weight excluding hydrogens is 228 g/mol. The summed E-state index contributed by atoms with van der Waals surface area (Å²) in [4.78, 5) is 12.4. The van der Waals surface area contributed by atoms with Gasteiger partial charge in [-0.15, -0.1) is 12.6 Å². The quantitative estimate of drug-likeness (QED) is 0.482. The standard InChI is InChI=1S/C15H16OS/c1-4-7-13(17)10-15(12(3)16)14-9-6-5-8-11(14)2/h4-10,17H,1H2,2-3H3/b13-7-,15-10+. The second-order valence-electron chi connectivity index (χ2n) is 3.76. The number of rotatable bonds is 4. The lowest BCUT2D eigenvalue weighted by atomic mass is 9.97. The van der Waals surface area contributed by atoms with Crippen LogP contribution in [0.3, 0.4) is 0 Å². The fraction of sp³-hybridized carbons (Fsp3) is 0.133. The molecule has 0 amide bonds. The van der Waals surface area contributed by atoms with Crippen LogP contribution in [0.25, 0.3) is 5.57 Å². The summed E-state index contributed by atoms with van der Waals surface area (Å²) in [7, 11) is 0. The molecule has 0 aliphatic carbocycles. The van der Waals surface area contributed by atoms with E-state index in [1.165, 1.54) is 0 Å². The van der Waals surface area contributed by atoms with Crippen molar-refractivity contribution in [2.24, 2.45) is 0 Å². The highest BCUT2D eigenvalue weighted by atomic mass is 32.1. The van der Waals surface area contributed by atoms with Crippen LogP contribution in [0.1, 0.15) is 18.1 Å². The lowest BCUT2D eigenvalue weighted by molar-refractivity contribution is -0.111. The number of ketones is 1. The van der Waals surface area contributed by atoms with Crippen molar-refractivity contribution in [2.45, 2.75) is 13.8 Å². The smallest absolute Gasteiger partial charge is 0.160 e. The number of carbonyl (C=O) groups is 1. The summed E-state index contributed by atoms with van der Waals surface area (Å²) in [5.41, 5.74) is 2.70. The minimum atomic E-state index is 0.0308. The summed E-state index contributed by atoms with van der Waals surface area (Å²) in [5, 5.41) is 0. The molecule has 2 heteroatoms. The summed E-state index contributed by atoms with van der Waals surface area (Å²) < 4.78 is 0. The van der Waals surface area contributed by atoms with E-state index in [9.17, 15) is 4.79 Å². The van der Waals surface area contributed by atoms with Gasteiger partial charge in [0.05, 0.1) is 0 Å². The number of Topliss-reactive ketones (excluding diaryl/α,β-unsaturated/α-hetero) is 1. The zero-order chi connectivity index (χ0) is 12.8. The van der Waals surface area contributed by atoms with Gasteiger partial charge in [0, 0.05) is 10.5 Å². The maximum atomic E-state index is 11.7. The summed E-state index contributed by atoms with van der Waals surface area (Å²) in [6, 6.07) is 7.81. The van der Waals surface area contributed by atoms with E-state index in [2.05, 4.69) is 19.2 Å². The van der Waals surface area contributed by atoms with Gasteiger partial charge in [0.25, 0.3) is 0 Å². The van der Waals surface area contributed by atoms with Crippen molar-refractivity contribution in [3.05, 3.63) is 65.1 Å². The van der Waals surface area contributed by atoms with Gasteiger partial charge in [-0.3, -0.25) is 4.79 Å². The van der Waals surface area contributed by atoms with Crippen molar-refractivity contribution >= 4 is 24.0 Å². The Balaban J connectivity index is 3.29. The number of hydrogen-bond acceptors (Lipinski definition) is 2. The predicted molar refractivity (Wildman–Crippen MR) is 77.1 cm³/mol. The normalized spacial score (nSPS) is 12.4. The van der Waals surface area contributed by atoms with Crippen molar-refractivity contribution in [3.8, 4) is 0 Å². The number of aryl methyl sites for hydroxylation is 1. The van der Waals surface area contributed by atoms with Crippen molar-refractivity contribution in [3.63, 3.8) is 0 Å². The van der Waals surface area contributed by atoms with Crippen molar-refractivity contribution < 1.29 is 4.79 Å². The first-order valence-electron chi connectivity index (χ1n) is 5.36. The number of carbonyl (C=O) groups excluding carboxylic acids is 1. The van der Waals surface area contributed by atoms with E-state index in [4.69, 9.17) is 0 Å². The third kappa shape index (κ3) is 3.75. The molecule has 0 N–H and O–H groups in total. The van der Waals surface area contributed by atoms with Crippen LogP contribution in [-0.4, -0.2) is 5.78 Å². The molecule has 0 atom stereocenters. The lowest BCUT2D eigenvalue weighted by Gasteiger charge is -2.07. The maximum absolute atomic E-state index is 11.7. The second-order valence-corrected chi connectivity index (χ2v) is 4.27. The van der Waals surface area contributed by atoms with Crippen LogP contribution in [0.2, 0.25) is 0 Å². The van der Waals surface area contributed by atoms with Gasteiger partial charge in [0.15, 0.2) is 5.78 Å². The first-order chi connectivity index (χ1) is 8.06. The molecule has 0 aromatic heterocycles. The highest BCUT2D eigenvalue weighted by Gasteiger charge is 2.09. The molecule has 88 valence electrons. The van der Waals surface area contributed by atoms with E-state index < -0.39 is 0 Å². The van der Waals surface area contributed by atoms with Crippen LogP contribution in [0, 0.1) is 6.92 Å². The molecule has 0 aliphatic rings. The molecule has 0 saturated carbocycles. The molecule has 1 nitrogen and oxygen atoms in total. The van der Waals surface area contributed by atoms with Gasteiger partial charge >= 0.3 is 0 Å². The van der Waals surface area contributed by atoms with E-state index >= 15 is 0 Å². The molecule has 0 unspecified atom stereocenters. The molecule has 0 aliphatic heterocycles. The molecule has 1 aromatic carbocycles. The monoisotopic (exact) mass is 244 g/mol. The van der Waals surface area contributed by atoms with Gasteiger partial charge in [-0.05, 0) is 37.1 Å². The largest absolute Gasteiger partial charge is 0.294 e. The molecule has 0 saturated heterocycles. The van der Waals surface area contributed by atoms with E-state index in [1.807, 2.05) is 31.2 Å². The van der Waals surface area contributed by atoms with Gasteiger partial charge in [-0.2, -0.15) is 0 Å². The molecular formula is C15H16OS. The van der Waals surface area contributed by atoms with Gasteiger partial charge in [-0.1, -0.05) is 36.9 Å². The zero-order valence-corrected chi connectivity index (χ0v) is 11.0. The van der Waals surface area contributed by atoms with E-state index in [-0.39, 0.29) is 5.78 Å². The predicted octanol–water partition coefficient (Wildman–Crippen LogP) is 3.97. The number of thiol groups is 1. The second kappa shape index (κ2) is 6.26. The Morgan fingerprint density at radius 1 is 1.35 bits per heavy atom. The number of hydrogen-bond donors (Lipinski definition) is 1. The van der Waals surface area contributed by atoms with Crippen LogP contribution in [0.5, 0.6) is 0 Å². The van der Waals surface area contributed by atoms with E-state index in [1.54, 1.807) is 25.2 Å². The fourth-order valence-electron chi connectivity index (χ4n) is 1.56. The molecule has 1 rings (SSSR count). The van der Waals surface area contributed by atoms with Crippen LogP contribution in [0.15, 0.2) is 54.0 Å². The summed E-state index contributed by atoms with van der Waals surface area (Å²) in [6.07, 6.45) is 5.17. The Kier molecular flexibility index (Phi) is 4.98. The van der Waals surface area contributed by atoms with Gasteiger partial charge in [0.1, 0.15) is 0 Å². The first-order valence-corrected chi connectivity index (χ1v) is 5.81. The van der Waals surface area contributed by atoms with Crippen molar-refractivity contribution in [2.75, 3.05) is 0 Å². The van der Waals surface area contributed by atoms with E-state index in [0.29, 0.717) is 10.5 Å². The maximum Gasteiger partial charge on any atom is 0.160 e. The Morgan fingerprint density at radius 2 is 2.00 bits per heavy atom. The topological polar surface area (TPSA) is 17.1 Å². The third-order valence-electron chi connectivity index (χ3n) is 2.40. The van der Waals surface area contributed by atoms with Crippen molar-refractivity contribution in [1.82, 2.24) is 0 Å². The average molecular weight is 244 g/mol. The number of allylic oxidation sites excluding steroid dienone is 4. The van der Waals surface area contributed by atoms with Crippen LogP contribution >= 0.6 is 12.6 Å². The van der Waals surface area contributed by atoms with E-state index in [0.717, 1.165) is 11.1 Å². The SMILES string of the molecule is C=C/C=C(S)/C=C(\C(C)=O)c1ccccc1C. The molecule has 1 aromatic rings. The molecule has 0 heterocycles. The summed E-state index contributed by atoms with van der Waals surface area (Å²) in [6.45, 7) is 7.15. The Bertz CT molecular complexity index is 495. The summed E-state index contributed by atoms with van der Waals surface area (Å²) in [5.74, 6) is 0.0308. The summed E-state index contributed by atoms with van der Waals surface area (Å²) >= 11 is 4.29. The minimum Gasteiger partial charge on any atom is -0.294 e. The molecule has 0 radical (unpaired) electrons. The lowest BCUT2D eigenvalue weighted by Crippen LogP contribution is -1.98. The first kappa shape index (κ1) is 13.5. The van der Waals surface area contributed by atoms with Crippen LogP contribution in [0.4, 0.5) is 0 Å². The highest BCUT2D eigenvalue weighted by molar-refractivity contribution is 7.84. The van der Waals surface area contributed by atoms with Gasteiger partial charge in [-0.25, -0.2) is 0 Å². The molecule has 0 fully saturated rings. The molecule has 0 bridgehead atoms. The molecule has 17 heavy (non-hydrogen) atoms.